The van der Waals surface area contributed by atoms with Crippen LogP contribution in [-0.2, 0) is 0 Å². The molecule has 19 rings (SSSR count). The van der Waals surface area contributed by atoms with Gasteiger partial charge >= 0.3 is 0 Å². The molecule has 1 aliphatic rings. The van der Waals surface area contributed by atoms with Crippen molar-refractivity contribution < 1.29 is 0 Å². The Balaban J connectivity index is 0.783. The molecule has 6 heteroatoms. The second-order valence-electron chi connectivity index (χ2n) is 22.9. The van der Waals surface area contributed by atoms with E-state index < -0.39 is 0 Å². The fraction of sp³-hybridized carbons (Fsp3) is 0. The number of rotatable bonds is 7. The highest BCUT2D eigenvalue weighted by atomic mass is 15.2. The summed E-state index contributed by atoms with van der Waals surface area (Å²) in [5.74, 6) is 0.633. The minimum atomic E-state index is 0.633. The van der Waals surface area contributed by atoms with Crippen molar-refractivity contribution in [3.8, 4) is 78.9 Å². The van der Waals surface area contributed by atoms with Gasteiger partial charge in [-0.15, -0.1) is 0 Å². The first-order chi connectivity index (χ1) is 42.7. The minimum absolute atomic E-state index is 0.633. The molecule has 6 nitrogen and oxygen atoms in total. The van der Waals surface area contributed by atoms with Crippen LogP contribution in [0.25, 0.3) is 177 Å². The largest absolute Gasteiger partial charge is 0.309 e. The van der Waals surface area contributed by atoms with E-state index in [0.29, 0.717) is 5.95 Å². The lowest BCUT2D eigenvalue weighted by molar-refractivity contribution is 0.999. The lowest BCUT2D eigenvalue weighted by Crippen LogP contribution is -2.05. The minimum Gasteiger partial charge on any atom is -0.309 e. The standard InChI is InChI=1S/C80H48N6/c1-3-21-55(22-4-1)83-69-33-12-8-27-59(69)65-45-50(37-41-72(65)83)51-39-43-74-67(46-51)61-29-10-14-35-71(61)86(74)80-81-78(77-63-30-16-18-49-19-17-31-64(76(49)63)79(77)82-80)54-20-15-25-57(44-54)85-68-32-11-7-26-58(68)62-40-36-53(48-75(62)85)52-38-42-73-66(47-52)60-28-9-13-34-70(60)84(73)56-23-5-2-6-24-56/h1-48H. The Kier molecular flexibility index (Phi) is 9.80. The van der Waals surface area contributed by atoms with Gasteiger partial charge < -0.3 is 13.7 Å². The van der Waals surface area contributed by atoms with Crippen molar-refractivity contribution in [3.63, 3.8) is 0 Å². The molecule has 86 heavy (non-hydrogen) atoms. The molecule has 5 aromatic heterocycles. The van der Waals surface area contributed by atoms with Crippen LogP contribution < -0.4 is 0 Å². The highest BCUT2D eigenvalue weighted by Crippen LogP contribution is 2.51. The van der Waals surface area contributed by atoms with Crippen LogP contribution in [0.3, 0.4) is 0 Å². The molecule has 0 aliphatic heterocycles. The topological polar surface area (TPSA) is 45.5 Å². The number of aromatic nitrogens is 6. The van der Waals surface area contributed by atoms with E-state index in [0.717, 1.165) is 94.7 Å². The van der Waals surface area contributed by atoms with Gasteiger partial charge in [-0.25, -0.2) is 9.97 Å². The Hall–Kier alpha value is -11.6. The number of para-hydroxylation sites is 6. The Morgan fingerprint density at radius 1 is 0.221 bits per heavy atom. The van der Waals surface area contributed by atoms with Gasteiger partial charge in [0.05, 0.1) is 55.5 Å². The van der Waals surface area contributed by atoms with E-state index in [9.17, 15) is 0 Å². The van der Waals surface area contributed by atoms with Gasteiger partial charge in [-0.05, 0) is 142 Å². The average molecular weight is 1090 g/mol. The summed E-state index contributed by atoms with van der Waals surface area (Å²) in [4.78, 5) is 11.5. The molecular formula is C80H48N6. The van der Waals surface area contributed by atoms with E-state index in [1.165, 1.54) is 76.3 Å². The Morgan fingerprint density at radius 2 is 0.616 bits per heavy atom. The normalized spacial score (nSPS) is 12.2. The molecule has 0 saturated carbocycles. The van der Waals surface area contributed by atoms with E-state index in [2.05, 4.69) is 309 Å². The van der Waals surface area contributed by atoms with Crippen molar-refractivity contribution in [1.29, 1.82) is 0 Å². The third-order valence-corrected chi connectivity index (χ3v) is 18.3. The summed E-state index contributed by atoms with van der Waals surface area (Å²) in [6.45, 7) is 0. The molecule has 0 atom stereocenters. The predicted octanol–water partition coefficient (Wildman–Crippen LogP) is 20.7. The fourth-order valence-electron chi connectivity index (χ4n) is 14.6. The van der Waals surface area contributed by atoms with Gasteiger partial charge in [-0.1, -0.05) is 188 Å². The summed E-state index contributed by atoms with van der Waals surface area (Å²) in [5.41, 5.74) is 23.3. The van der Waals surface area contributed by atoms with Gasteiger partial charge in [0, 0.05) is 76.8 Å². The maximum atomic E-state index is 5.81. The highest BCUT2D eigenvalue weighted by molar-refractivity contribution is 6.18. The van der Waals surface area contributed by atoms with E-state index in [-0.39, 0.29) is 0 Å². The van der Waals surface area contributed by atoms with Crippen molar-refractivity contribution in [2.75, 3.05) is 0 Å². The van der Waals surface area contributed by atoms with Crippen LogP contribution in [0.5, 0.6) is 0 Å². The predicted molar refractivity (Wildman–Crippen MR) is 358 cm³/mol. The second kappa shape index (κ2) is 18.0. The first-order valence-electron chi connectivity index (χ1n) is 29.5. The summed E-state index contributed by atoms with van der Waals surface area (Å²) >= 11 is 0. The molecule has 13 aromatic carbocycles. The Morgan fingerprint density at radius 3 is 1.17 bits per heavy atom. The Bertz CT molecular complexity index is 5890. The third-order valence-electron chi connectivity index (χ3n) is 18.3. The quantitative estimate of drug-likeness (QED) is 0.160. The molecule has 398 valence electrons. The molecule has 0 bridgehead atoms. The maximum Gasteiger partial charge on any atom is 0.235 e. The zero-order valence-corrected chi connectivity index (χ0v) is 46.4. The molecule has 0 amide bonds. The van der Waals surface area contributed by atoms with E-state index in [1.807, 2.05) is 0 Å². The van der Waals surface area contributed by atoms with Crippen LogP contribution in [0.1, 0.15) is 0 Å². The van der Waals surface area contributed by atoms with Crippen molar-refractivity contribution in [3.05, 3.63) is 291 Å². The van der Waals surface area contributed by atoms with Crippen molar-refractivity contribution in [2.24, 2.45) is 0 Å². The second-order valence-corrected chi connectivity index (χ2v) is 22.9. The molecule has 5 heterocycles. The van der Waals surface area contributed by atoms with Crippen molar-refractivity contribution in [2.45, 2.75) is 0 Å². The fourth-order valence-corrected chi connectivity index (χ4v) is 14.6. The average Bonchev–Trinajstić information content (AvgIpc) is 2.64. The van der Waals surface area contributed by atoms with Crippen LogP contribution in [0, 0.1) is 0 Å². The van der Waals surface area contributed by atoms with Crippen LogP contribution >= 0.6 is 0 Å². The lowest BCUT2D eigenvalue weighted by Gasteiger charge is -2.15. The van der Waals surface area contributed by atoms with Crippen molar-refractivity contribution >= 4 is 98.0 Å². The maximum absolute atomic E-state index is 5.81. The van der Waals surface area contributed by atoms with Gasteiger partial charge in [0.25, 0.3) is 0 Å². The summed E-state index contributed by atoms with van der Waals surface area (Å²) in [7, 11) is 0. The zero-order chi connectivity index (χ0) is 56.1. The van der Waals surface area contributed by atoms with Gasteiger partial charge in [0.1, 0.15) is 0 Å². The van der Waals surface area contributed by atoms with Crippen LogP contribution in [-0.4, -0.2) is 28.2 Å². The zero-order valence-electron chi connectivity index (χ0n) is 46.4. The van der Waals surface area contributed by atoms with Crippen molar-refractivity contribution in [1.82, 2.24) is 28.2 Å². The number of benzene rings is 13. The van der Waals surface area contributed by atoms with Gasteiger partial charge in [-0.3, -0.25) is 4.57 Å². The molecule has 0 spiro atoms. The molecule has 18 aromatic rings. The lowest BCUT2D eigenvalue weighted by atomic mass is 9.99. The molecular weight excluding hydrogens is 1040 g/mol. The van der Waals surface area contributed by atoms with Crippen LogP contribution in [0.4, 0.5) is 0 Å². The highest BCUT2D eigenvalue weighted by Gasteiger charge is 2.30. The van der Waals surface area contributed by atoms with Gasteiger partial charge in [0.15, 0.2) is 0 Å². The molecule has 0 saturated heterocycles. The molecule has 0 N–H and O–H groups in total. The number of nitrogens with zero attached hydrogens (tertiary/aromatic N) is 6. The molecule has 0 radical (unpaired) electrons. The molecule has 0 unspecified atom stereocenters. The monoisotopic (exact) mass is 1090 g/mol. The van der Waals surface area contributed by atoms with Crippen LogP contribution in [0.15, 0.2) is 291 Å². The van der Waals surface area contributed by atoms with E-state index in [1.54, 1.807) is 0 Å². The third kappa shape index (κ3) is 6.72. The van der Waals surface area contributed by atoms with Gasteiger partial charge in [0.2, 0.25) is 5.95 Å². The summed E-state index contributed by atoms with van der Waals surface area (Å²) in [6, 6.07) is 106. The smallest absolute Gasteiger partial charge is 0.235 e. The molecule has 1 aliphatic carbocycles. The Labute approximate surface area is 493 Å². The number of hydrogen-bond donors (Lipinski definition) is 0. The first-order valence-corrected chi connectivity index (χ1v) is 29.5. The summed E-state index contributed by atoms with van der Waals surface area (Å²) < 4.78 is 9.48. The first kappa shape index (κ1) is 46.9. The molecule has 0 fully saturated rings. The summed E-state index contributed by atoms with van der Waals surface area (Å²) in [5, 5.41) is 12.0. The SMILES string of the molecule is c1ccc(-n2c3ccccc3c3cc(-c4ccc5c(c4)c4ccccc4n5-c4nc(-c5cccc(-n6c7ccccc7c7ccc(-c8ccc9c(c8)c8ccccc8n9-c8ccccc8)cc76)c5)c5c(n4)-c4cccc6cccc-5c46)ccc32)cc1. The van der Waals surface area contributed by atoms with E-state index >= 15 is 0 Å². The van der Waals surface area contributed by atoms with E-state index in [4.69, 9.17) is 9.97 Å². The number of hydrogen-bond acceptors (Lipinski definition) is 2. The van der Waals surface area contributed by atoms with Crippen LogP contribution in [0.2, 0.25) is 0 Å². The number of fused-ring (bicyclic) bond motifs is 15. The summed E-state index contributed by atoms with van der Waals surface area (Å²) in [6.07, 6.45) is 0. The van der Waals surface area contributed by atoms with Gasteiger partial charge in [-0.2, -0.15) is 0 Å².